The Kier molecular flexibility index (Phi) is 3.01. The Morgan fingerprint density at radius 2 is 2.54 bits per heavy atom. The number of rotatable bonds is 5. The Hall–Kier alpha value is -0.340. The van der Waals surface area contributed by atoms with Crippen LogP contribution in [0.5, 0.6) is 0 Å². The fourth-order valence-corrected chi connectivity index (χ4v) is 2.50. The average molecular weight is 195 g/mol. The van der Waals surface area contributed by atoms with Crippen LogP contribution < -0.4 is 5.32 Å². The van der Waals surface area contributed by atoms with E-state index in [1.807, 2.05) is 0 Å². The summed E-state index contributed by atoms with van der Waals surface area (Å²) in [6.45, 7) is 3.34. The number of nitrogens with one attached hydrogen (secondary N) is 1. The molecule has 2 rings (SSSR count). The van der Waals surface area contributed by atoms with Crippen molar-refractivity contribution >= 4 is 11.3 Å². The summed E-state index contributed by atoms with van der Waals surface area (Å²) in [5.41, 5.74) is 1.44. The minimum absolute atomic E-state index is 0.819. The first-order valence-corrected chi connectivity index (χ1v) is 6.09. The van der Waals surface area contributed by atoms with Crippen LogP contribution in [-0.4, -0.2) is 6.04 Å². The summed E-state index contributed by atoms with van der Waals surface area (Å²) in [6.07, 6.45) is 4.14. The van der Waals surface area contributed by atoms with Gasteiger partial charge in [0, 0.05) is 12.6 Å². The lowest BCUT2D eigenvalue weighted by molar-refractivity contribution is 0.600. The largest absolute Gasteiger partial charge is 0.310 e. The molecule has 2 heteroatoms. The smallest absolute Gasteiger partial charge is 0.0216 e. The van der Waals surface area contributed by atoms with E-state index in [9.17, 15) is 0 Å². The van der Waals surface area contributed by atoms with Crippen molar-refractivity contribution in [2.75, 3.05) is 0 Å². The molecule has 13 heavy (non-hydrogen) atoms. The highest BCUT2D eigenvalue weighted by Crippen LogP contribution is 2.34. The van der Waals surface area contributed by atoms with E-state index in [0.717, 1.165) is 18.5 Å². The quantitative estimate of drug-likeness (QED) is 0.761. The molecule has 0 bridgehead atoms. The third-order valence-electron chi connectivity index (χ3n) is 2.73. The Bertz CT molecular complexity index is 243. The molecular weight excluding hydrogens is 178 g/mol. The molecule has 2 atom stereocenters. The van der Waals surface area contributed by atoms with Crippen LogP contribution in [0.4, 0.5) is 0 Å². The summed E-state index contributed by atoms with van der Waals surface area (Å²) in [5.74, 6) is 0.976. The SMILES string of the molecule is CCCC1CC1NCc1ccsc1. The van der Waals surface area contributed by atoms with E-state index < -0.39 is 0 Å². The van der Waals surface area contributed by atoms with E-state index in [0.29, 0.717) is 0 Å². The highest BCUT2D eigenvalue weighted by molar-refractivity contribution is 7.07. The minimum Gasteiger partial charge on any atom is -0.310 e. The first kappa shape index (κ1) is 9.22. The van der Waals surface area contributed by atoms with Crippen molar-refractivity contribution in [3.05, 3.63) is 22.4 Å². The molecule has 1 N–H and O–H groups in total. The van der Waals surface area contributed by atoms with E-state index in [1.54, 1.807) is 11.3 Å². The number of hydrogen-bond acceptors (Lipinski definition) is 2. The predicted molar refractivity (Wildman–Crippen MR) is 58.0 cm³/mol. The average Bonchev–Trinajstić information content (AvgIpc) is 2.66. The molecule has 0 aliphatic heterocycles. The zero-order chi connectivity index (χ0) is 9.10. The maximum atomic E-state index is 3.60. The zero-order valence-electron chi connectivity index (χ0n) is 8.12. The second kappa shape index (κ2) is 4.25. The van der Waals surface area contributed by atoms with Gasteiger partial charge in [-0.05, 0) is 41.1 Å². The van der Waals surface area contributed by atoms with Crippen molar-refractivity contribution in [2.24, 2.45) is 5.92 Å². The van der Waals surface area contributed by atoms with Gasteiger partial charge in [0.15, 0.2) is 0 Å². The van der Waals surface area contributed by atoms with Gasteiger partial charge in [-0.25, -0.2) is 0 Å². The van der Waals surface area contributed by atoms with Gasteiger partial charge in [0.2, 0.25) is 0 Å². The molecular formula is C11H17NS. The first-order valence-electron chi connectivity index (χ1n) is 5.14. The van der Waals surface area contributed by atoms with Crippen molar-refractivity contribution in [3.8, 4) is 0 Å². The number of thiophene rings is 1. The summed E-state index contributed by atoms with van der Waals surface area (Å²) in [5, 5.41) is 7.97. The third kappa shape index (κ3) is 2.55. The lowest BCUT2D eigenvalue weighted by atomic mass is 10.2. The van der Waals surface area contributed by atoms with Crippen LogP contribution in [0, 0.1) is 5.92 Å². The van der Waals surface area contributed by atoms with E-state index in [-0.39, 0.29) is 0 Å². The van der Waals surface area contributed by atoms with Crippen molar-refractivity contribution in [2.45, 2.75) is 38.8 Å². The molecule has 0 saturated heterocycles. The molecule has 1 fully saturated rings. The van der Waals surface area contributed by atoms with E-state index >= 15 is 0 Å². The Balaban J connectivity index is 1.65. The van der Waals surface area contributed by atoms with Crippen molar-refractivity contribution < 1.29 is 0 Å². The van der Waals surface area contributed by atoms with Crippen LogP contribution >= 0.6 is 11.3 Å². The van der Waals surface area contributed by atoms with Crippen LogP contribution in [0.15, 0.2) is 16.8 Å². The summed E-state index contributed by atoms with van der Waals surface area (Å²) >= 11 is 1.78. The third-order valence-corrected chi connectivity index (χ3v) is 3.46. The molecule has 1 aromatic rings. The lowest BCUT2D eigenvalue weighted by Crippen LogP contribution is -2.17. The van der Waals surface area contributed by atoms with Gasteiger partial charge in [0.25, 0.3) is 0 Å². The van der Waals surface area contributed by atoms with Gasteiger partial charge in [-0.3, -0.25) is 0 Å². The standard InChI is InChI=1S/C11H17NS/c1-2-3-10-6-11(10)12-7-9-4-5-13-8-9/h4-5,8,10-12H,2-3,6-7H2,1H3. The predicted octanol–water partition coefficient (Wildman–Crippen LogP) is 3.03. The molecule has 0 amide bonds. The fourth-order valence-electron chi connectivity index (χ4n) is 1.83. The fraction of sp³-hybridized carbons (Fsp3) is 0.636. The molecule has 1 aliphatic rings. The Labute approximate surface area is 84.2 Å². The molecule has 72 valence electrons. The lowest BCUT2D eigenvalue weighted by Gasteiger charge is -2.01. The van der Waals surface area contributed by atoms with E-state index in [2.05, 4.69) is 29.1 Å². The monoisotopic (exact) mass is 195 g/mol. The Morgan fingerprint density at radius 3 is 3.23 bits per heavy atom. The van der Waals surface area contributed by atoms with Gasteiger partial charge in [-0.2, -0.15) is 11.3 Å². The van der Waals surface area contributed by atoms with Crippen molar-refractivity contribution in [1.82, 2.24) is 5.32 Å². The molecule has 0 spiro atoms. The molecule has 2 unspecified atom stereocenters. The van der Waals surface area contributed by atoms with Crippen molar-refractivity contribution in [1.29, 1.82) is 0 Å². The van der Waals surface area contributed by atoms with Crippen LogP contribution in [0.2, 0.25) is 0 Å². The van der Waals surface area contributed by atoms with Gasteiger partial charge in [-0.1, -0.05) is 13.3 Å². The summed E-state index contributed by atoms with van der Waals surface area (Å²) in [4.78, 5) is 0. The summed E-state index contributed by atoms with van der Waals surface area (Å²) < 4.78 is 0. The van der Waals surface area contributed by atoms with Crippen molar-refractivity contribution in [3.63, 3.8) is 0 Å². The maximum Gasteiger partial charge on any atom is 0.0216 e. The van der Waals surface area contributed by atoms with Crippen LogP contribution in [0.1, 0.15) is 31.7 Å². The second-order valence-electron chi connectivity index (χ2n) is 3.90. The van der Waals surface area contributed by atoms with E-state index in [1.165, 1.54) is 24.8 Å². The van der Waals surface area contributed by atoms with Gasteiger partial charge in [0.1, 0.15) is 0 Å². The van der Waals surface area contributed by atoms with Gasteiger partial charge in [-0.15, -0.1) is 0 Å². The van der Waals surface area contributed by atoms with Crippen LogP contribution in [-0.2, 0) is 6.54 Å². The highest BCUT2D eigenvalue weighted by Gasteiger charge is 2.35. The molecule has 1 saturated carbocycles. The van der Waals surface area contributed by atoms with Crippen LogP contribution in [0.3, 0.4) is 0 Å². The topological polar surface area (TPSA) is 12.0 Å². The summed E-state index contributed by atoms with van der Waals surface area (Å²) in [7, 11) is 0. The Morgan fingerprint density at radius 1 is 1.62 bits per heavy atom. The molecule has 1 aliphatic carbocycles. The minimum atomic E-state index is 0.819. The van der Waals surface area contributed by atoms with Gasteiger partial charge < -0.3 is 5.32 Å². The molecule has 1 heterocycles. The molecule has 1 nitrogen and oxygen atoms in total. The first-order chi connectivity index (χ1) is 6.40. The van der Waals surface area contributed by atoms with E-state index in [4.69, 9.17) is 0 Å². The highest BCUT2D eigenvalue weighted by atomic mass is 32.1. The zero-order valence-corrected chi connectivity index (χ0v) is 8.94. The maximum absolute atomic E-state index is 3.60. The van der Waals surface area contributed by atoms with Crippen LogP contribution in [0.25, 0.3) is 0 Å². The second-order valence-corrected chi connectivity index (χ2v) is 4.68. The number of hydrogen-bond donors (Lipinski definition) is 1. The summed E-state index contributed by atoms with van der Waals surface area (Å²) in [6, 6.07) is 3.02. The normalized spacial score (nSPS) is 26.2. The molecule has 1 aromatic heterocycles. The van der Waals surface area contributed by atoms with Gasteiger partial charge in [0.05, 0.1) is 0 Å². The van der Waals surface area contributed by atoms with Gasteiger partial charge >= 0.3 is 0 Å². The molecule has 0 radical (unpaired) electrons. The molecule has 0 aromatic carbocycles.